The Bertz CT molecular complexity index is 348. The summed E-state index contributed by atoms with van der Waals surface area (Å²) < 4.78 is 5.77. The smallest absolute Gasteiger partial charge is 0.239 e. The van der Waals surface area contributed by atoms with Crippen molar-refractivity contribution in [2.24, 2.45) is 11.1 Å². The van der Waals surface area contributed by atoms with Crippen LogP contribution in [0.15, 0.2) is 0 Å². The van der Waals surface area contributed by atoms with Crippen molar-refractivity contribution in [2.45, 2.75) is 52.2 Å². The standard InChI is InChI=1S/C14H27N3O3.ClH/c1-4-14(5-2)10(7-11(14)20-6-3)17-13(19)9-16-12(18)8-15;/h10-11H,4-9,15H2,1-3H3,(H,16,18)(H,17,19);1H. The molecule has 1 aliphatic rings. The second kappa shape index (κ2) is 9.23. The number of carbonyl (C=O) groups is 2. The van der Waals surface area contributed by atoms with E-state index in [2.05, 4.69) is 24.5 Å². The highest BCUT2D eigenvalue weighted by molar-refractivity contribution is 5.86. The number of ether oxygens (including phenoxy) is 1. The molecule has 0 heterocycles. The normalized spacial score (nSPS) is 22.7. The monoisotopic (exact) mass is 321 g/mol. The van der Waals surface area contributed by atoms with Crippen LogP contribution in [0.25, 0.3) is 0 Å². The lowest BCUT2D eigenvalue weighted by Crippen LogP contribution is -2.65. The lowest BCUT2D eigenvalue weighted by atomic mass is 9.58. The molecular formula is C14H28ClN3O3. The molecule has 0 saturated heterocycles. The summed E-state index contributed by atoms with van der Waals surface area (Å²) in [6.45, 7) is 6.82. The van der Waals surface area contributed by atoms with E-state index in [1.807, 2.05) is 6.92 Å². The first-order valence-electron chi connectivity index (χ1n) is 7.41. The third kappa shape index (κ3) is 4.56. The number of hydrogen-bond acceptors (Lipinski definition) is 4. The van der Waals surface area contributed by atoms with Crippen LogP contribution in [0.1, 0.15) is 40.0 Å². The minimum absolute atomic E-state index is 0. The number of amides is 2. The average Bonchev–Trinajstić information content (AvgIpc) is 2.45. The van der Waals surface area contributed by atoms with Crippen LogP contribution in [-0.2, 0) is 14.3 Å². The zero-order valence-corrected chi connectivity index (χ0v) is 13.9. The Hall–Kier alpha value is -0.850. The number of nitrogens with one attached hydrogen (secondary N) is 2. The van der Waals surface area contributed by atoms with Gasteiger partial charge in [0.15, 0.2) is 0 Å². The fourth-order valence-corrected chi connectivity index (χ4v) is 3.08. The second-order valence-corrected chi connectivity index (χ2v) is 5.22. The summed E-state index contributed by atoms with van der Waals surface area (Å²) in [5.74, 6) is -0.490. The van der Waals surface area contributed by atoms with Gasteiger partial charge in [0.1, 0.15) is 0 Å². The molecule has 0 aliphatic heterocycles. The van der Waals surface area contributed by atoms with Crippen LogP contribution in [0.2, 0.25) is 0 Å². The molecule has 1 fully saturated rings. The molecule has 0 aromatic carbocycles. The van der Waals surface area contributed by atoms with Gasteiger partial charge >= 0.3 is 0 Å². The van der Waals surface area contributed by atoms with Gasteiger partial charge in [0.25, 0.3) is 0 Å². The molecule has 1 saturated carbocycles. The third-order valence-electron chi connectivity index (χ3n) is 4.44. The largest absolute Gasteiger partial charge is 0.378 e. The third-order valence-corrected chi connectivity index (χ3v) is 4.44. The van der Waals surface area contributed by atoms with Gasteiger partial charge < -0.3 is 21.1 Å². The van der Waals surface area contributed by atoms with Crippen molar-refractivity contribution in [2.75, 3.05) is 19.7 Å². The first kappa shape index (κ1) is 20.1. The maximum absolute atomic E-state index is 11.8. The van der Waals surface area contributed by atoms with E-state index in [1.165, 1.54) is 0 Å². The number of nitrogens with two attached hydrogens (primary N) is 1. The van der Waals surface area contributed by atoms with Crippen LogP contribution in [-0.4, -0.2) is 43.7 Å². The van der Waals surface area contributed by atoms with E-state index < -0.39 is 0 Å². The van der Waals surface area contributed by atoms with Gasteiger partial charge in [-0.2, -0.15) is 0 Å². The highest BCUT2D eigenvalue weighted by Gasteiger charge is 2.53. The molecule has 4 N–H and O–H groups in total. The van der Waals surface area contributed by atoms with Crippen LogP contribution in [0, 0.1) is 5.41 Å². The summed E-state index contributed by atoms with van der Waals surface area (Å²) in [6.07, 6.45) is 2.99. The maximum atomic E-state index is 11.8. The van der Waals surface area contributed by atoms with E-state index in [4.69, 9.17) is 10.5 Å². The molecule has 124 valence electrons. The fourth-order valence-electron chi connectivity index (χ4n) is 3.08. The highest BCUT2D eigenvalue weighted by Crippen LogP contribution is 2.48. The summed E-state index contributed by atoms with van der Waals surface area (Å²) in [6, 6.07) is 0.122. The van der Waals surface area contributed by atoms with Crippen molar-refractivity contribution in [1.82, 2.24) is 10.6 Å². The summed E-state index contributed by atoms with van der Waals surface area (Å²) >= 11 is 0. The van der Waals surface area contributed by atoms with Gasteiger partial charge in [-0.1, -0.05) is 13.8 Å². The molecule has 2 amide bonds. The van der Waals surface area contributed by atoms with Crippen LogP contribution in [0.3, 0.4) is 0 Å². The van der Waals surface area contributed by atoms with E-state index in [-0.39, 0.29) is 54.9 Å². The molecule has 6 nitrogen and oxygen atoms in total. The van der Waals surface area contributed by atoms with Gasteiger partial charge in [0.2, 0.25) is 11.8 Å². The zero-order valence-electron chi connectivity index (χ0n) is 13.1. The quantitative estimate of drug-likeness (QED) is 0.609. The molecule has 0 spiro atoms. The second-order valence-electron chi connectivity index (χ2n) is 5.22. The van der Waals surface area contributed by atoms with Crippen molar-refractivity contribution in [3.63, 3.8) is 0 Å². The van der Waals surface area contributed by atoms with Gasteiger partial charge in [0.05, 0.1) is 19.2 Å². The van der Waals surface area contributed by atoms with Crippen LogP contribution in [0.4, 0.5) is 0 Å². The van der Waals surface area contributed by atoms with Crippen LogP contribution >= 0.6 is 12.4 Å². The Morgan fingerprint density at radius 3 is 2.33 bits per heavy atom. The Kier molecular flexibility index (Phi) is 8.85. The number of carbonyl (C=O) groups excluding carboxylic acids is 2. The minimum Gasteiger partial charge on any atom is -0.378 e. The lowest BCUT2D eigenvalue weighted by Gasteiger charge is -2.55. The molecule has 21 heavy (non-hydrogen) atoms. The number of halogens is 1. The average molecular weight is 322 g/mol. The molecular weight excluding hydrogens is 294 g/mol. The predicted molar refractivity (Wildman–Crippen MR) is 84.3 cm³/mol. The minimum atomic E-state index is -0.321. The van der Waals surface area contributed by atoms with Gasteiger partial charge in [0, 0.05) is 18.1 Å². The molecule has 2 unspecified atom stereocenters. The topological polar surface area (TPSA) is 93.5 Å². The molecule has 1 aliphatic carbocycles. The summed E-state index contributed by atoms with van der Waals surface area (Å²) in [7, 11) is 0. The van der Waals surface area contributed by atoms with E-state index in [9.17, 15) is 9.59 Å². The summed E-state index contributed by atoms with van der Waals surface area (Å²) in [5, 5.41) is 5.48. The van der Waals surface area contributed by atoms with Crippen molar-refractivity contribution in [3.8, 4) is 0 Å². The van der Waals surface area contributed by atoms with Crippen molar-refractivity contribution in [3.05, 3.63) is 0 Å². The molecule has 2 atom stereocenters. The molecule has 0 radical (unpaired) electrons. The van der Waals surface area contributed by atoms with Gasteiger partial charge in [-0.3, -0.25) is 9.59 Å². The number of rotatable bonds is 8. The molecule has 0 aromatic rings. The Morgan fingerprint density at radius 2 is 1.86 bits per heavy atom. The SMILES string of the molecule is CCOC1CC(NC(=O)CNC(=O)CN)C1(CC)CC.Cl. The first-order chi connectivity index (χ1) is 9.53. The van der Waals surface area contributed by atoms with Crippen molar-refractivity contribution in [1.29, 1.82) is 0 Å². The number of hydrogen-bond donors (Lipinski definition) is 3. The van der Waals surface area contributed by atoms with E-state index in [0.717, 1.165) is 19.3 Å². The van der Waals surface area contributed by atoms with Gasteiger partial charge in [-0.15, -0.1) is 12.4 Å². The fraction of sp³-hybridized carbons (Fsp3) is 0.857. The highest BCUT2D eigenvalue weighted by atomic mass is 35.5. The Labute approximate surface area is 133 Å². The Morgan fingerprint density at radius 1 is 1.24 bits per heavy atom. The predicted octanol–water partition coefficient (Wildman–Crippen LogP) is 0.583. The maximum Gasteiger partial charge on any atom is 0.239 e. The molecule has 0 aromatic heterocycles. The molecule has 1 rings (SSSR count). The van der Waals surface area contributed by atoms with E-state index in [1.54, 1.807) is 0 Å². The van der Waals surface area contributed by atoms with Gasteiger partial charge in [-0.05, 0) is 26.2 Å². The van der Waals surface area contributed by atoms with Gasteiger partial charge in [-0.25, -0.2) is 0 Å². The molecule has 7 heteroatoms. The van der Waals surface area contributed by atoms with Crippen LogP contribution < -0.4 is 16.4 Å². The first-order valence-corrected chi connectivity index (χ1v) is 7.41. The summed E-state index contributed by atoms with van der Waals surface area (Å²) in [4.78, 5) is 22.9. The van der Waals surface area contributed by atoms with Crippen molar-refractivity contribution >= 4 is 24.2 Å². The van der Waals surface area contributed by atoms with Crippen molar-refractivity contribution < 1.29 is 14.3 Å². The van der Waals surface area contributed by atoms with Crippen LogP contribution in [0.5, 0.6) is 0 Å². The zero-order chi connectivity index (χ0) is 15.2. The molecule has 0 bridgehead atoms. The van der Waals surface area contributed by atoms with E-state index in [0.29, 0.717) is 6.61 Å². The summed E-state index contributed by atoms with van der Waals surface area (Å²) in [5.41, 5.74) is 5.19. The van der Waals surface area contributed by atoms with E-state index >= 15 is 0 Å². The Balaban J connectivity index is 0.00000400. The lowest BCUT2D eigenvalue weighted by molar-refractivity contribution is -0.148.